The van der Waals surface area contributed by atoms with Gasteiger partial charge in [-0.3, -0.25) is 0 Å². The van der Waals surface area contributed by atoms with Crippen LogP contribution < -0.4 is 0 Å². The van der Waals surface area contributed by atoms with Gasteiger partial charge in [0.05, 0.1) is 0 Å². The molecule has 16 heavy (non-hydrogen) atoms. The number of rotatable bonds is 2. The van der Waals surface area contributed by atoms with E-state index in [1.807, 2.05) is 36.4 Å². The first-order valence-corrected chi connectivity index (χ1v) is 5.73. The molecule has 0 aliphatic carbocycles. The van der Waals surface area contributed by atoms with Crippen LogP contribution in [0.2, 0.25) is 0 Å². The third-order valence-electron chi connectivity index (χ3n) is 2.23. The molecule has 0 aliphatic rings. The molecule has 0 unspecified atom stereocenters. The molecule has 0 atom stereocenters. The average Bonchev–Trinajstić information content (AvgIpc) is 2.30. The van der Waals surface area contributed by atoms with Crippen molar-refractivity contribution in [1.29, 1.82) is 0 Å². The highest BCUT2D eigenvalue weighted by atomic mass is 79.9. The van der Waals surface area contributed by atoms with Crippen molar-refractivity contribution in [2.75, 3.05) is 0 Å². The standard InChI is InChI=1S/C14H10BrF/c15-14-4-2-1-3-12(14)8-5-11-6-9-13(16)10-7-11/h1-10H/b8-5+. The van der Waals surface area contributed by atoms with E-state index >= 15 is 0 Å². The Morgan fingerprint density at radius 1 is 0.875 bits per heavy atom. The molecule has 0 N–H and O–H groups in total. The lowest BCUT2D eigenvalue weighted by atomic mass is 10.1. The number of benzene rings is 2. The van der Waals surface area contributed by atoms with Gasteiger partial charge in [-0.15, -0.1) is 0 Å². The molecular weight excluding hydrogens is 267 g/mol. The molecule has 0 bridgehead atoms. The summed E-state index contributed by atoms with van der Waals surface area (Å²) < 4.78 is 13.7. The largest absolute Gasteiger partial charge is 0.207 e. The Kier molecular flexibility index (Phi) is 3.52. The van der Waals surface area contributed by atoms with Gasteiger partial charge < -0.3 is 0 Å². The number of hydrogen-bond acceptors (Lipinski definition) is 0. The molecule has 0 radical (unpaired) electrons. The van der Waals surface area contributed by atoms with E-state index < -0.39 is 0 Å². The lowest BCUT2D eigenvalue weighted by Gasteiger charge is -1.97. The van der Waals surface area contributed by atoms with Gasteiger partial charge in [0, 0.05) is 4.47 Å². The molecule has 0 spiro atoms. The Hall–Kier alpha value is -1.41. The lowest BCUT2D eigenvalue weighted by molar-refractivity contribution is 0.628. The van der Waals surface area contributed by atoms with Gasteiger partial charge in [0.1, 0.15) is 5.82 Å². The van der Waals surface area contributed by atoms with Crippen LogP contribution in [-0.4, -0.2) is 0 Å². The van der Waals surface area contributed by atoms with Gasteiger partial charge in [-0.2, -0.15) is 0 Å². The van der Waals surface area contributed by atoms with Crippen LogP contribution in [0.1, 0.15) is 11.1 Å². The molecule has 2 aromatic carbocycles. The Morgan fingerprint density at radius 2 is 1.56 bits per heavy atom. The van der Waals surface area contributed by atoms with E-state index in [0.29, 0.717) is 0 Å². The Balaban J connectivity index is 2.21. The van der Waals surface area contributed by atoms with Crippen molar-refractivity contribution >= 4 is 28.1 Å². The summed E-state index contributed by atoms with van der Waals surface area (Å²) in [5, 5.41) is 0. The quantitative estimate of drug-likeness (QED) is 0.694. The molecular formula is C14H10BrF. The van der Waals surface area contributed by atoms with Gasteiger partial charge in [0.2, 0.25) is 0 Å². The third-order valence-corrected chi connectivity index (χ3v) is 2.95. The van der Waals surface area contributed by atoms with Gasteiger partial charge >= 0.3 is 0 Å². The predicted molar refractivity (Wildman–Crippen MR) is 69.5 cm³/mol. The van der Waals surface area contributed by atoms with Gasteiger partial charge in [0.15, 0.2) is 0 Å². The topological polar surface area (TPSA) is 0 Å². The smallest absolute Gasteiger partial charge is 0.123 e. The molecule has 2 rings (SSSR count). The normalized spacial score (nSPS) is 10.9. The third kappa shape index (κ3) is 2.80. The summed E-state index contributed by atoms with van der Waals surface area (Å²) in [6, 6.07) is 14.4. The van der Waals surface area contributed by atoms with E-state index in [0.717, 1.165) is 15.6 Å². The summed E-state index contributed by atoms with van der Waals surface area (Å²) in [5.74, 6) is -0.210. The molecule has 2 heteroatoms. The second-order valence-corrected chi connectivity index (χ2v) is 4.26. The van der Waals surface area contributed by atoms with Crippen molar-refractivity contribution < 1.29 is 4.39 Å². The lowest BCUT2D eigenvalue weighted by Crippen LogP contribution is -1.76. The van der Waals surface area contributed by atoms with E-state index in [1.165, 1.54) is 12.1 Å². The number of halogens is 2. The molecule has 0 saturated heterocycles. The van der Waals surface area contributed by atoms with E-state index in [4.69, 9.17) is 0 Å². The van der Waals surface area contributed by atoms with E-state index in [2.05, 4.69) is 15.9 Å². The fourth-order valence-electron chi connectivity index (χ4n) is 1.37. The summed E-state index contributed by atoms with van der Waals surface area (Å²) in [6.45, 7) is 0. The maximum atomic E-state index is 12.7. The molecule has 0 aliphatic heterocycles. The Morgan fingerprint density at radius 3 is 2.25 bits per heavy atom. The fourth-order valence-corrected chi connectivity index (χ4v) is 1.79. The Labute approximate surface area is 103 Å². The molecule has 0 nitrogen and oxygen atoms in total. The fraction of sp³-hybridized carbons (Fsp3) is 0. The summed E-state index contributed by atoms with van der Waals surface area (Å²) in [7, 11) is 0. The minimum absolute atomic E-state index is 0.210. The second kappa shape index (κ2) is 5.08. The molecule has 2 aromatic rings. The first-order valence-electron chi connectivity index (χ1n) is 4.94. The number of hydrogen-bond donors (Lipinski definition) is 0. The van der Waals surface area contributed by atoms with Crippen LogP contribution in [0.5, 0.6) is 0 Å². The highest BCUT2D eigenvalue weighted by Gasteiger charge is 1.93. The van der Waals surface area contributed by atoms with Crippen molar-refractivity contribution in [3.05, 3.63) is 69.9 Å². The summed E-state index contributed by atoms with van der Waals surface area (Å²) in [5.41, 5.74) is 2.09. The minimum Gasteiger partial charge on any atom is -0.207 e. The average molecular weight is 277 g/mol. The van der Waals surface area contributed by atoms with Crippen molar-refractivity contribution in [2.24, 2.45) is 0 Å². The summed E-state index contributed by atoms with van der Waals surface area (Å²) in [4.78, 5) is 0. The first kappa shape index (κ1) is 11.1. The van der Waals surface area contributed by atoms with Gasteiger partial charge in [-0.1, -0.05) is 58.4 Å². The van der Waals surface area contributed by atoms with E-state index in [-0.39, 0.29) is 5.82 Å². The molecule has 0 saturated carbocycles. The molecule has 0 fully saturated rings. The van der Waals surface area contributed by atoms with Crippen molar-refractivity contribution in [3.8, 4) is 0 Å². The van der Waals surface area contributed by atoms with Crippen LogP contribution in [0.15, 0.2) is 53.0 Å². The monoisotopic (exact) mass is 276 g/mol. The molecule has 0 heterocycles. The van der Waals surface area contributed by atoms with Gasteiger partial charge in [0.25, 0.3) is 0 Å². The van der Waals surface area contributed by atoms with E-state index in [1.54, 1.807) is 12.1 Å². The minimum atomic E-state index is -0.210. The van der Waals surface area contributed by atoms with Crippen LogP contribution in [0.3, 0.4) is 0 Å². The zero-order valence-corrected chi connectivity index (χ0v) is 10.1. The zero-order chi connectivity index (χ0) is 11.4. The Bertz CT molecular complexity index is 500. The van der Waals surface area contributed by atoms with Crippen LogP contribution in [0.25, 0.3) is 12.2 Å². The van der Waals surface area contributed by atoms with Gasteiger partial charge in [-0.05, 0) is 29.3 Å². The molecule has 0 aromatic heterocycles. The van der Waals surface area contributed by atoms with Crippen molar-refractivity contribution in [1.82, 2.24) is 0 Å². The highest BCUT2D eigenvalue weighted by Crippen LogP contribution is 2.18. The van der Waals surface area contributed by atoms with Crippen LogP contribution in [0, 0.1) is 5.82 Å². The SMILES string of the molecule is Fc1ccc(/C=C/c2ccccc2Br)cc1. The summed E-state index contributed by atoms with van der Waals surface area (Å²) in [6.07, 6.45) is 3.96. The second-order valence-electron chi connectivity index (χ2n) is 3.41. The molecule has 80 valence electrons. The van der Waals surface area contributed by atoms with Crippen LogP contribution in [-0.2, 0) is 0 Å². The van der Waals surface area contributed by atoms with Crippen molar-refractivity contribution in [3.63, 3.8) is 0 Å². The van der Waals surface area contributed by atoms with Crippen LogP contribution >= 0.6 is 15.9 Å². The van der Waals surface area contributed by atoms with Crippen molar-refractivity contribution in [2.45, 2.75) is 0 Å². The maximum Gasteiger partial charge on any atom is 0.123 e. The van der Waals surface area contributed by atoms with Crippen LogP contribution in [0.4, 0.5) is 4.39 Å². The maximum absolute atomic E-state index is 12.7. The van der Waals surface area contributed by atoms with E-state index in [9.17, 15) is 4.39 Å². The molecule has 0 amide bonds. The highest BCUT2D eigenvalue weighted by molar-refractivity contribution is 9.10. The first-order chi connectivity index (χ1) is 7.75. The summed E-state index contributed by atoms with van der Waals surface area (Å²) >= 11 is 3.47. The predicted octanol–water partition coefficient (Wildman–Crippen LogP) is 4.76. The van der Waals surface area contributed by atoms with Gasteiger partial charge in [-0.25, -0.2) is 4.39 Å². The zero-order valence-electron chi connectivity index (χ0n) is 8.53.